The average Bonchev–Trinajstić information content (AvgIpc) is 2.96. The SMILES string of the molecule is CC(N[S@@+]([O-])C(C)(C)C)c1ccc(Oc2ccc3c(cnn3C)c2)c(F)c1. The van der Waals surface area contributed by atoms with Gasteiger partial charge < -0.3 is 9.29 Å². The Kier molecular flexibility index (Phi) is 5.46. The van der Waals surface area contributed by atoms with E-state index < -0.39 is 17.2 Å². The van der Waals surface area contributed by atoms with Crippen LogP contribution in [0, 0.1) is 5.82 Å². The first-order valence-corrected chi connectivity index (χ1v) is 9.87. The molecule has 0 aliphatic rings. The number of hydrogen-bond acceptors (Lipinski definition) is 4. The van der Waals surface area contributed by atoms with Crippen LogP contribution in [0.2, 0.25) is 0 Å². The van der Waals surface area contributed by atoms with Gasteiger partial charge in [0.2, 0.25) is 0 Å². The number of aryl methyl sites for hydroxylation is 1. The fourth-order valence-electron chi connectivity index (χ4n) is 2.61. The van der Waals surface area contributed by atoms with Gasteiger partial charge in [-0.1, -0.05) is 6.07 Å². The molecule has 2 atom stereocenters. The van der Waals surface area contributed by atoms with Crippen LogP contribution >= 0.6 is 0 Å². The molecule has 1 N–H and O–H groups in total. The van der Waals surface area contributed by atoms with Crippen LogP contribution in [-0.4, -0.2) is 19.1 Å². The molecular weight excluding hydrogens is 365 g/mol. The molecule has 0 radical (unpaired) electrons. The summed E-state index contributed by atoms with van der Waals surface area (Å²) in [5.74, 6) is 0.224. The van der Waals surface area contributed by atoms with Crippen LogP contribution in [0.3, 0.4) is 0 Å². The lowest BCUT2D eigenvalue weighted by molar-refractivity contribution is 0.441. The van der Waals surface area contributed by atoms with Gasteiger partial charge in [0, 0.05) is 23.8 Å². The van der Waals surface area contributed by atoms with E-state index in [2.05, 4.69) is 9.82 Å². The zero-order valence-corrected chi connectivity index (χ0v) is 16.9. The molecule has 0 aliphatic heterocycles. The number of ether oxygens (including phenoxy) is 1. The highest BCUT2D eigenvalue weighted by molar-refractivity contribution is 7.90. The third-order valence-electron chi connectivity index (χ3n) is 4.24. The van der Waals surface area contributed by atoms with Crippen LogP contribution in [0.15, 0.2) is 42.6 Å². The zero-order chi connectivity index (χ0) is 19.8. The molecule has 1 heterocycles. The Bertz CT molecular complexity index is 952. The average molecular weight is 389 g/mol. The van der Waals surface area contributed by atoms with Crippen LogP contribution < -0.4 is 9.46 Å². The summed E-state index contributed by atoms with van der Waals surface area (Å²) >= 11 is -1.23. The third-order valence-corrected chi connectivity index (χ3v) is 5.92. The topological polar surface area (TPSA) is 62.1 Å². The Morgan fingerprint density at radius 3 is 2.63 bits per heavy atom. The Hall–Kier alpha value is -2.09. The molecule has 0 spiro atoms. The van der Waals surface area contributed by atoms with Crippen molar-refractivity contribution in [3.05, 3.63) is 54.0 Å². The van der Waals surface area contributed by atoms with Gasteiger partial charge in [-0.3, -0.25) is 4.68 Å². The maximum absolute atomic E-state index is 14.5. The summed E-state index contributed by atoms with van der Waals surface area (Å²) in [4.78, 5) is 0. The third kappa shape index (κ3) is 4.43. The number of aromatic nitrogens is 2. The Morgan fingerprint density at radius 1 is 1.22 bits per heavy atom. The quantitative estimate of drug-likeness (QED) is 0.647. The summed E-state index contributed by atoms with van der Waals surface area (Å²) in [6.07, 6.45) is 1.74. The first kappa shape index (κ1) is 19.7. The first-order valence-electron chi connectivity index (χ1n) is 8.72. The molecule has 5 nitrogen and oxygen atoms in total. The predicted molar refractivity (Wildman–Crippen MR) is 107 cm³/mol. The van der Waals surface area contributed by atoms with Crippen LogP contribution in [0.5, 0.6) is 11.5 Å². The first-order chi connectivity index (χ1) is 12.6. The van der Waals surface area contributed by atoms with Gasteiger partial charge in [-0.2, -0.15) is 5.10 Å². The van der Waals surface area contributed by atoms with Crippen LogP contribution in [0.4, 0.5) is 4.39 Å². The number of benzene rings is 2. The minimum Gasteiger partial charge on any atom is -0.598 e. The predicted octanol–water partition coefficient (Wildman–Crippen LogP) is 4.62. The molecule has 144 valence electrons. The molecule has 0 fully saturated rings. The van der Waals surface area contributed by atoms with Crippen molar-refractivity contribution in [1.82, 2.24) is 14.5 Å². The van der Waals surface area contributed by atoms with Crippen LogP contribution in [0.1, 0.15) is 39.3 Å². The maximum Gasteiger partial charge on any atom is 0.166 e. The standard InChI is InChI=1S/C20H24FN3O2S/c1-13(23-27(25)20(2,3)4)14-6-9-19(17(21)11-14)26-16-7-8-18-15(10-16)12-22-24(18)5/h6-13,23H,1-5H3/t13?,27-/m0/s1. The molecule has 3 aromatic rings. The Labute approximate surface area is 161 Å². The smallest absolute Gasteiger partial charge is 0.166 e. The van der Waals surface area contributed by atoms with E-state index in [4.69, 9.17) is 4.74 Å². The second kappa shape index (κ2) is 7.50. The number of nitrogens with zero attached hydrogens (tertiary/aromatic N) is 2. The van der Waals surface area contributed by atoms with Gasteiger partial charge in [-0.15, -0.1) is 4.72 Å². The molecule has 0 saturated carbocycles. The van der Waals surface area contributed by atoms with Crippen molar-refractivity contribution in [2.75, 3.05) is 0 Å². The van der Waals surface area contributed by atoms with Crippen molar-refractivity contribution in [2.45, 2.75) is 38.5 Å². The highest BCUT2D eigenvalue weighted by atomic mass is 32.2. The van der Waals surface area contributed by atoms with Gasteiger partial charge in [0.15, 0.2) is 11.6 Å². The molecule has 3 rings (SSSR count). The Morgan fingerprint density at radius 2 is 1.96 bits per heavy atom. The summed E-state index contributed by atoms with van der Waals surface area (Å²) in [6.45, 7) is 7.52. The fraction of sp³-hybridized carbons (Fsp3) is 0.350. The Balaban J connectivity index is 1.75. The molecule has 0 saturated heterocycles. The van der Waals surface area contributed by atoms with E-state index in [1.807, 2.05) is 46.9 Å². The molecule has 7 heteroatoms. The normalized spacial score (nSPS) is 14.3. The minimum absolute atomic E-state index is 0.145. The lowest BCUT2D eigenvalue weighted by Gasteiger charge is -2.26. The van der Waals surface area contributed by atoms with Gasteiger partial charge in [0.1, 0.15) is 10.5 Å². The van der Waals surface area contributed by atoms with Gasteiger partial charge in [0.05, 0.1) is 17.8 Å². The van der Waals surface area contributed by atoms with Crippen molar-refractivity contribution < 1.29 is 13.7 Å². The summed E-state index contributed by atoms with van der Waals surface area (Å²) in [7, 11) is 1.86. The second-order valence-corrected chi connectivity index (χ2v) is 9.50. The van der Waals surface area contributed by atoms with E-state index >= 15 is 0 Å². The molecular formula is C20H24FN3O2S. The van der Waals surface area contributed by atoms with Crippen molar-refractivity contribution >= 4 is 22.3 Å². The largest absolute Gasteiger partial charge is 0.598 e. The number of rotatable bonds is 5. The monoisotopic (exact) mass is 389 g/mol. The number of nitrogens with one attached hydrogen (secondary N) is 1. The van der Waals surface area contributed by atoms with Gasteiger partial charge in [-0.05, 0) is 63.6 Å². The van der Waals surface area contributed by atoms with Crippen molar-refractivity contribution in [3.8, 4) is 11.5 Å². The van der Waals surface area contributed by atoms with E-state index in [9.17, 15) is 8.94 Å². The van der Waals surface area contributed by atoms with E-state index in [1.54, 1.807) is 29.1 Å². The molecule has 0 amide bonds. The molecule has 0 aliphatic carbocycles. The summed E-state index contributed by atoms with van der Waals surface area (Å²) in [5.41, 5.74) is 1.69. The van der Waals surface area contributed by atoms with Gasteiger partial charge in [0.25, 0.3) is 0 Å². The van der Waals surface area contributed by atoms with Gasteiger partial charge in [-0.25, -0.2) is 4.39 Å². The van der Waals surface area contributed by atoms with Crippen molar-refractivity contribution in [2.24, 2.45) is 7.05 Å². The van der Waals surface area contributed by atoms with Crippen LogP contribution in [-0.2, 0) is 18.4 Å². The fourth-order valence-corrected chi connectivity index (χ4v) is 3.42. The van der Waals surface area contributed by atoms with Crippen molar-refractivity contribution in [3.63, 3.8) is 0 Å². The number of fused-ring (bicyclic) bond motifs is 1. The molecule has 27 heavy (non-hydrogen) atoms. The van der Waals surface area contributed by atoms with Crippen molar-refractivity contribution in [1.29, 1.82) is 0 Å². The summed E-state index contributed by atoms with van der Waals surface area (Å²) in [6, 6.07) is 10.0. The second-order valence-electron chi connectivity index (χ2n) is 7.50. The molecule has 1 aromatic heterocycles. The van der Waals surface area contributed by atoms with Gasteiger partial charge >= 0.3 is 0 Å². The molecule has 0 bridgehead atoms. The zero-order valence-electron chi connectivity index (χ0n) is 16.1. The molecule has 2 aromatic carbocycles. The van der Waals surface area contributed by atoms with Crippen LogP contribution in [0.25, 0.3) is 10.9 Å². The highest BCUT2D eigenvalue weighted by Crippen LogP contribution is 2.29. The summed E-state index contributed by atoms with van der Waals surface area (Å²) in [5, 5.41) is 5.11. The van der Waals surface area contributed by atoms with E-state index in [0.29, 0.717) is 11.3 Å². The maximum atomic E-state index is 14.5. The lowest BCUT2D eigenvalue weighted by atomic mass is 10.1. The highest BCUT2D eigenvalue weighted by Gasteiger charge is 2.28. The summed E-state index contributed by atoms with van der Waals surface area (Å²) < 4.78 is 36.9. The van der Waals surface area contributed by atoms with E-state index in [0.717, 1.165) is 10.9 Å². The van der Waals surface area contributed by atoms with E-state index in [1.165, 1.54) is 6.07 Å². The van der Waals surface area contributed by atoms with E-state index in [-0.39, 0.29) is 16.5 Å². The lowest BCUT2D eigenvalue weighted by Crippen LogP contribution is -2.40. The minimum atomic E-state index is -1.23. The number of hydrogen-bond donors (Lipinski definition) is 1. The number of halogens is 1. The molecule has 1 unspecified atom stereocenters.